The number of rotatable bonds is 5. The summed E-state index contributed by atoms with van der Waals surface area (Å²) in [5.41, 5.74) is 2.85. The molecule has 0 spiro atoms. The maximum atomic E-state index is 9.06. The van der Waals surface area contributed by atoms with Gasteiger partial charge in [-0.25, -0.2) is 0 Å². The quantitative estimate of drug-likeness (QED) is 0.754. The maximum absolute atomic E-state index is 9.06. The highest BCUT2D eigenvalue weighted by Crippen LogP contribution is 2.23. The van der Waals surface area contributed by atoms with Gasteiger partial charge in [-0.15, -0.1) is 0 Å². The van der Waals surface area contributed by atoms with Crippen molar-refractivity contribution in [1.82, 2.24) is 0 Å². The SMILES string of the molecule is Cc1cccc(OCCOc2ccc(Br)cc2C#N)c1C. The van der Waals surface area contributed by atoms with Crippen molar-refractivity contribution in [3.63, 3.8) is 0 Å². The summed E-state index contributed by atoms with van der Waals surface area (Å²) in [6.45, 7) is 4.92. The summed E-state index contributed by atoms with van der Waals surface area (Å²) in [6.07, 6.45) is 0. The van der Waals surface area contributed by atoms with Gasteiger partial charge in [-0.1, -0.05) is 28.1 Å². The highest BCUT2D eigenvalue weighted by molar-refractivity contribution is 9.10. The molecule has 0 amide bonds. The molecule has 0 bridgehead atoms. The fraction of sp³-hybridized carbons (Fsp3) is 0.235. The number of nitriles is 1. The van der Waals surface area contributed by atoms with E-state index in [-0.39, 0.29) is 0 Å². The lowest BCUT2D eigenvalue weighted by Gasteiger charge is -2.12. The normalized spacial score (nSPS) is 10.0. The van der Waals surface area contributed by atoms with Gasteiger partial charge < -0.3 is 9.47 Å². The third kappa shape index (κ3) is 3.99. The Bertz CT molecular complexity index is 677. The zero-order valence-corrected chi connectivity index (χ0v) is 13.6. The first-order valence-corrected chi connectivity index (χ1v) is 7.42. The van der Waals surface area contributed by atoms with E-state index in [1.807, 2.05) is 25.1 Å². The Kier molecular flexibility index (Phi) is 5.24. The van der Waals surface area contributed by atoms with Crippen LogP contribution in [0.25, 0.3) is 0 Å². The Balaban J connectivity index is 1.91. The number of hydrogen-bond acceptors (Lipinski definition) is 3. The molecule has 108 valence electrons. The van der Waals surface area contributed by atoms with Gasteiger partial charge in [-0.05, 0) is 49.2 Å². The van der Waals surface area contributed by atoms with E-state index in [4.69, 9.17) is 14.7 Å². The lowest BCUT2D eigenvalue weighted by atomic mass is 10.1. The molecule has 2 aromatic carbocycles. The standard InChI is InChI=1S/C17H16BrNO2/c1-12-4-3-5-16(13(12)2)20-8-9-21-17-7-6-15(18)10-14(17)11-19/h3-7,10H,8-9H2,1-2H3. The van der Waals surface area contributed by atoms with Crippen LogP contribution in [0.5, 0.6) is 11.5 Å². The number of halogens is 1. The molecule has 0 saturated heterocycles. The predicted molar refractivity (Wildman–Crippen MR) is 85.8 cm³/mol. The third-order valence-corrected chi connectivity index (χ3v) is 3.71. The molecule has 4 heteroatoms. The molecule has 0 radical (unpaired) electrons. The van der Waals surface area contributed by atoms with Crippen LogP contribution in [0.3, 0.4) is 0 Å². The van der Waals surface area contributed by atoms with Gasteiger partial charge in [-0.3, -0.25) is 0 Å². The summed E-state index contributed by atoms with van der Waals surface area (Å²) >= 11 is 3.33. The largest absolute Gasteiger partial charge is 0.490 e. The molecule has 21 heavy (non-hydrogen) atoms. The van der Waals surface area contributed by atoms with Gasteiger partial charge >= 0.3 is 0 Å². The molecule has 3 nitrogen and oxygen atoms in total. The highest BCUT2D eigenvalue weighted by Gasteiger charge is 2.05. The van der Waals surface area contributed by atoms with E-state index >= 15 is 0 Å². The van der Waals surface area contributed by atoms with Crippen molar-refractivity contribution in [2.24, 2.45) is 0 Å². The van der Waals surface area contributed by atoms with Gasteiger partial charge in [-0.2, -0.15) is 5.26 Å². The highest BCUT2D eigenvalue weighted by atomic mass is 79.9. The van der Waals surface area contributed by atoms with Crippen LogP contribution in [-0.4, -0.2) is 13.2 Å². The molecule has 0 aliphatic heterocycles. The maximum Gasteiger partial charge on any atom is 0.137 e. The smallest absolute Gasteiger partial charge is 0.137 e. The topological polar surface area (TPSA) is 42.2 Å². The Hall–Kier alpha value is -1.99. The minimum absolute atomic E-state index is 0.393. The van der Waals surface area contributed by atoms with E-state index in [1.165, 1.54) is 5.56 Å². The average molecular weight is 346 g/mol. The summed E-state index contributed by atoms with van der Waals surface area (Å²) in [4.78, 5) is 0. The van der Waals surface area contributed by atoms with Crippen molar-refractivity contribution in [1.29, 1.82) is 5.26 Å². The molecule has 0 unspecified atom stereocenters. The molecule has 0 fully saturated rings. The lowest BCUT2D eigenvalue weighted by molar-refractivity contribution is 0.216. The van der Waals surface area contributed by atoms with Crippen LogP contribution in [0.1, 0.15) is 16.7 Å². The molecule has 0 aliphatic carbocycles. The molecule has 0 aliphatic rings. The molecule has 2 aromatic rings. The summed E-state index contributed by atoms with van der Waals surface area (Å²) in [6, 6.07) is 13.5. The first-order chi connectivity index (χ1) is 10.1. The van der Waals surface area contributed by atoms with Crippen molar-refractivity contribution in [3.05, 3.63) is 57.6 Å². The minimum atomic E-state index is 0.393. The summed E-state index contributed by atoms with van der Waals surface area (Å²) in [7, 11) is 0. The van der Waals surface area contributed by atoms with Crippen LogP contribution >= 0.6 is 15.9 Å². The molecule has 0 atom stereocenters. The second kappa shape index (κ2) is 7.14. The summed E-state index contributed by atoms with van der Waals surface area (Å²) < 4.78 is 12.2. The van der Waals surface area contributed by atoms with E-state index in [9.17, 15) is 0 Å². The molecule has 2 rings (SSSR count). The van der Waals surface area contributed by atoms with Crippen LogP contribution in [0, 0.1) is 25.2 Å². The van der Waals surface area contributed by atoms with E-state index in [0.29, 0.717) is 24.5 Å². The lowest BCUT2D eigenvalue weighted by Crippen LogP contribution is -2.10. The monoisotopic (exact) mass is 345 g/mol. The molecule has 0 saturated carbocycles. The second-order valence-corrected chi connectivity index (χ2v) is 5.56. The van der Waals surface area contributed by atoms with Crippen molar-refractivity contribution >= 4 is 15.9 Å². The number of aryl methyl sites for hydroxylation is 1. The zero-order valence-electron chi connectivity index (χ0n) is 12.0. The van der Waals surface area contributed by atoms with Gasteiger partial charge in [0, 0.05) is 4.47 Å². The fourth-order valence-corrected chi connectivity index (χ4v) is 2.26. The van der Waals surface area contributed by atoms with E-state index in [2.05, 4.69) is 35.0 Å². The molecule has 0 aromatic heterocycles. The van der Waals surface area contributed by atoms with Crippen molar-refractivity contribution in [2.45, 2.75) is 13.8 Å². The number of benzene rings is 2. The van der Waals surface area contributed by atoms with E-state index in [0.717, 1.165) is 15.8 Å². The van der Waals surface area contributed by atoms with Crippen LogP contribution in [0.4, 0.5) is 0 Å². The number of nitrogens with zero attached hydrogens (tertiary/aromatic N) is 1. The van der Waals surface area contributed by atoms with Crippen molar-refractivity contribution in [3.8, 4) is 17.6 Å². The Morgan fingerprint density at radius 3 is 2.48 bits per heavy atom. The zero-order chi connectivity index (χ0) is 15.2. The van der Waals surface area contributed by atoms with E-state index in [1.54, 1.807) is 12.1 Å². The van der Waals surface area contributed by atoms with Crippen molar-refractivity contribution in [2.75, 3.05) is 13.2 Å². The summed E-state index contributed by atoms with van der Waals surface area (Å²) in [5, 5.41) is 9.06. The third-order valence-electron chi connectivity index (χ3n) is 3.22. The number of hydrogen-bond donors (Lipinski definition) is 0. The van der Waals surface area contributed by atoms with Gasteiger partial charge in [0.2, 0.25) is 0 Å². The van der Waals surface area contributed by atoms with E-state index < -0.39 is 0 Å². The fourth-order valence-electron chi connectivity index (χ4n) is 1.90. The average Bonchev–Trinajstić information content (AvgIpc) is 2.48. The van der Waals surface area contributed by atoms with Crippen molar-refractivity contribution < 1.29 is 9.47 Å². The Labute approximate surface area is 133 Å². The first-order valence-electron chi connectivity index (χ1n) is 6.63. The number of ether oxygens (including phenoxy) is 2. The van der Waals surface area contributed by atoms with Crippen LogP contribution < -0.4 is 9.47 Å². The Morgan fingerprint density at radius 1 is 1.05 bits per heavy atom. The molecular weight excluding hydrogens is 330 g/mol. The molecule has 0 heterocycles. The van der Waals surface area contributed by atoms with Crippen LogP contribution in [0.15, 0.2) is 40.9 Å². The minimum Gasteiger partial charge on any atom is -0.490 e. The van der Waals surface area contributed by atoms with Gasteiger partial charge in [0.05, 0.1) is 5.56 Å². The van der Waals surface area contributed by atoms with Crippen LogP contribution in [0.2, 0.25) is 0 Å². The second-order valence-electron chi connectivity index (χ2n) is 4.65. The Morgan fingerprint density at radius 2 is 1.76 bits per heavy atom. The first kappa shape index (κ1) is 15.4. The molecule has 0 N–H and O–H groups in total. The van der Waals surface area contributed by atoms with Gasteiger partial charge in [0.25, 0.3) is 0 Å². The summed E-state index contributed by atoms with van der Waals surface area (Å²) in [5.74, 6) is 1.44. The predicted octanol–water partition coefficient (Wildman–Crippen LogP) is 4.40. The molecular formula is C17H16BrNO2. The van der Waals surface area contributed by atoms with Crippen LogP contribution in [-0.2, 0) is 0 Å². The van der Waals surface area contributed by atoms with Gasteiger partial charge in [0.15, 0.2) is 0 Å². The van der Waals surface area contributed by atoms with Gasteiger partial charge in [0.1, 0.15) is 30.8 Å².